The first-order chi connectivity index (χ1) is 6.77. The van der Waals surface area contributed by atoms with Crippen molar-refractivity contribution in [2.24, 2.45) is 0 Å². The van der Waals surface area contributed by atoms with Gasteiger partial charge in [-0.2, -0.15) is 0 Å². The van der Waals surface area contributed by atoms with Gasteiger partial charge in [-0.15, -0.1) is 0 Å². The smallest absolute Gasteiger partial charge is 0.290 e. The van der Waals surface area contributed by atoms with Gasteiger partial charge in [0.25, 0.3) is 5.56 Å². The number of nitrogens with zero attached hydrogens (tertiary/aromatic N) is 2. The molecule has 5 heteroatoms. The van der Waals surface area contributed by atoms with Crippen LogP contribution in [0, 0.1) is 0 Å². The molecule has 1 aliphatic rings. The summed E-state index contributed by atoms with van der Waals surface area (Å²) in [5.41, 5.74) is -0.193. The van der Waals surface area contributed by atoms with Crippen LogP contribution in [0.25, 0.3) is 0 Å². The van der Waals surface area contributed by atoms with Gasteiger partial charge in [-0.3, -0.25) is 9.59 Å². The van der Waals surface area contributed by atoms with Crippen molar-refractivity contribution in [3.63, 3.8) is 0 Å². The van der Waals surface area contributed by atoms with Crippen molar-refractivity contribution in [1.82, 2.24) is 9.97 Å². The number of anilines is 1. The van der Waals surface area contributed by atoms with Crippen LogP contribution in [0.15, 0.2) is 17.2 Å². The Morgan fingerprint density at radius 3 is 2.64 bits per heavy atom. The van der Waals surface area contributed by atoms with Crippen LogP contribution >= 0.6 is 0 Å². The number of piperidine rings is 1. The Labute approximate surface area is 80.8 Å². The fraction of sp³-hybridized carbons (Fsp3) is 0.444. The van der Waals surface area contributed by atoms with Gasteiger partial charge in [-0.1, -0.05) is 0 Å². The Kier molecular flexibility index (Phi) is 2.30. The van der Waals surface area contributed by atoms with Crippen molar-refractivity contribution >= 4 is 11.6 Å². The summed E-state index contributed by atoms with van der Waals surface area (Å²) in [6.07, 6.45) is 4.07. The van der Waals surface area contributed by atoms with Crippen molar-refractivity contribution in [3.8, 4) is 0 Å². The van der Waals surface area contributed by atoms with E-state index in [0.717, 1.165) is 0 Å². The average Bonchev–Trinajstić information content (AvgIpc) is 2.20. The minimum Gasteiger partial charge on any atom is -0.351 e. The van der Waals surface area contributed by atoms with E-state index in [1.807, 2.05) is 4.90 Å². The van der Waals surface area contributed by atoms with E-state index < -0.39 is 0 Å². The first-order valence-electron chi connectivity index (χ1n) is 4.58. The summed E-state index contributed by atoms with van der Waals surface area (Å²) in [6.45, 7) is 1.19. The van der Waals surface area contributed by atoms with Crippen LogP contribution < -0.4 is 10.5 Å². The zero-order chi connectivity index (χ0) is 9.97. The van der Waals surface area contributed by atoms with Crippen LogP contribution in [0.4, 0.5) is 5.82 Å². The highest BCUT2D eigenvalue weighted by Crippen LogP contribution is 2.10. The summed E-state index contributed by atoms with van der Waals surface area (Å²) in [4.78, 5) is 30.8. The van der Waals surface area contributed by atoms with Gasteiger partial charge in [-0.05, 0) is 0 Å². The minimum atomic E-state index is -0.193. The molecule has 0 spiro atoms. The van der Waals surface area contributed by atoms with Crippen molar-refractivity contribution in [1.29, 1.82) is 0 Å². The number of nitrogens with one attached hydrogen (secondary N) is 1. The molecule has 5 nitrogen and oxygen atoms in total. The molecular weight excluding hydrogens is 182 g/mol. The molecular formula is C9H11N3O2. The van der Waals surface area contributed by atoms with Crippen LogP contribution in [0.2, 0.25) is 0 Å². The maximum atomic E-state index is 11.4. The summed E-state index contributed by atoms with van der Waals surface area (Å²) in [5.74, 6) is 0.675. The minimum absolute atomic E-state index is 0.193. The molecule has 1 N–H and O–H groups in total. The highest BCUT2D eigenvalue weighted by Gasteiger charge is 2.18. The maximum Gasteiger partial charge on any atom is 0.290 e. The van der Waals surface area contributed by atoms with Crippen LogP contribution in [0.5, 0.6) is 0 Å². The van der Waals surface area contributed by atoms with Gasteiger partial charge in [0, 0.05) is 38.3 Å². The molecule has 1 aliphatic heterocycles. The molecule has 0 radical (unpaired) electrons. The molecule has 1 aromatic heterocycles. The molecule has 0 aliphatic carbocycles. The number of hydrogen-bond donors (Lipinski definition) is 1. The van der Waals surface area contributed by atoms with Crippen molar-refractivity contribution < 1.29 is 4.79 Å². The maximum absolute atomic E-state index is 11.4. The monoisotopic (exact) mass is 193 g/mol. The number of carbonyl (C=O) groups excluding carboxylic acids is 1. The Hall–Kier alpha value is -1.65. The van der Waals surface area contributed by atoms with Gasteiger partial charge in [0.1, 0.15) is 5.78 Å². The number of hydrogen-bond acceptors (Lipinski definition) is 4. The lowest BCUT2D eigenvalue weighted by atomic mass is 10.1. The lowest BCUT2D eigenvalue weighted by Gasteiger charge is -2.25. The zero-order valence-electron chi connectivity index (χ0n) is 7.69. The molecule has 1 fully saturated rings. The summed E-state index contributed by atoms with van der Waals surface area (Å²) in [5, 5.41) is 0. The van der Waals surface area contributed by atoms with Crippen LogP contribution in [0.1, 0.15) is 12.8 Å². The quantitative estimate of drug-likeness (QED) is 0.678. The Bertz CT molecular complexity index is 389. The molecule has 1 aromatic rings. The van der Waals surface area contributed by atoms with E-state index in [0.29, 0.717) is 31.7 Å². The van der Waals surface area contributed by atoms with Crippen LogP contribution in [0.3, 0.4) is 0 Å². The van der Waals surface area contributed by atoms with E-state index in [1.54, 1.807) is 6.20 Å². The molecule has 14 heavy (non-hydrogen) atoms. The molecule has 0 saturated carbocycles. The van der Waals surface area contributed by atoms with Crippen molar-refractivity contribution in [2.75, 3.05) is 18.0 Å². The van der Waals surface area contributed by atoms with Crippen molar-refractivity contribution in [3.05, 3.63) is 22.7 Å². The number of aromatic amines is 1. The predicted octanol–water partition coefficient (Wildman–Crippen LogP) is -0.0608. The number of aromatic nitrogens is 2. The van der Waals surface area contributed by atoms with Crippen LogP contribution in [-0.2, 0) is 4.79 Å². The highest BCUT2D eigenvalue weighted by molar-refractivity contribution is 5.80. The molecule has 0 bridgehead atoms. The van der Waals surface area contributed by atoms with Gasteiger partial charge in [-0.25, -0.2) is 4.98 Å². The zero-order valence-corrected chi connectivity index (χ0v) is 7.69. The SMILES string of the molecule is O=C1CCN(c2ncc[nH]c2=O)CC1. The number of carbonyl (C=O) groups is 1. The van der Waals surface area contributed by atoms with E-state index >= 15 is 0 Å². The lowest BCUT2D eigenvalue weighted by molar-refractivity contribution is -0.119. The highest BCUT2D eigenvalue weighted by atomic mass is 16.1. The summed E-state index contributed by atoms with van der Waals surface area (Å²) < 4.78 is 0. The van der Waals surface area contributed by atoms with Gasteiger partial charge in [0.15, 0.2) is 5.82 Å². The summed E-state index contributed by atoms with van der Waals surface area (Å²) >= 11 is 0. The Balaban J connectivity index is 2.20. The average molecular weight is 193 g/mol. The third-order valence-corrected chi connectivity index (χ3v) is 2.31. The summed E-state index contributed by atoms with van der Waals surface area (Å²) in [6, 6.07) is 0. The molecule has 1 saturated heterocycles. The number of rotatable bonds is 1. The standard InChI is InChI=1S/C9H11N3O2/c13-7-1-5-12(6-2-7)8-9(14)11-4-3-10-8/h3-4H,1-2,5-6H2,(H,11,14). The largest absolute Gasteiger partial charge is 0.351 e. The molecule has 0 unspecified atom stereocenters. The van der Waals surface area contributed by atoms with Crippen LogP contribution in [-0.4, -0.2) is 28.8 Å². The van der Waals surface area contributed by atoms with E-state index in [4.69, 9.17) is 0 Å². The second-order valence-electron chi connectivity index (χ2n) is 3.27. The van der Waals surface area contributed by atoms with Gasteiger partial charge >= 0.3 is 0 Å². The van der Waals surface area contributed by atoms with E-state index in [-0.39, 0.29) is 11.3 Å². The summed E-state index contributed by atoms with van der Waals surface area (Å²) in [7, 11) is 0. The van der Waals surface area contributed by atoms with Gasteiger partial charge in [0.2, 0.25) is 0 Å². The number of ketones is 1. The van der Waals surface area contributed by atoms with Gasteiger partial charge in [0.05, 0.1) is 0 Å². The Morgan fingerprint density at radius 2 is 2.00 bits per heavy atom. The number of H-pyrrole nitrogens is 1. The first kappa shape index (κ1) is 8.93. The second-order valence-corrected chi connectivity index (χ2v) is 3.27. The van der Waals surface area contributed by atoms with E-state index in [1.165, 1.54) is 6.20 Å². The molecule has 0 atom stereocenters. The third-order valence-electron chi connectivity index (χ3n) is 2.31. The molecule has 0 amide bonds. The molecule has 2 heterocycles. The van der Waals surface area contributed by atoms with Crippen molar-refractivity contribution in [2.45, 2.75) is 12.8 Å². The molecule has 2 rings (SSSR count). The molecule has 0 aromatic carbocycles. The molecule has 74 valence electrons. The number of Topliss-reactive ketones (excluding diaryl/α,β-unsaturated/α-hetero) is 1. The predicted molar refractivity (Wildman–Crippen MR) is 51.3 cm³/mol. The first-order valence-corrected chi connectivity index (χ1v) is 4.58. The second kappa shape index (κ2) is 3.61. The van der Waals surface area contributed by atoms with Gasteiger partial charge < -0.3 is 9.88 Å². The lowest BCUT2D eigenvalue weighted by Crippen LogP contribution is -2.37. The van der Waals surface area contributed by atoms with E-state index in [9.17, 15) is 9.59 Å². The fourth-order valence-corrected chi connectivity index (χ4v) is 1.54. The van der Waals surface area contributed by atoms with E-state index in [2.05, 4.69) is 9.97 Å². The topological polar surface area (TPSA) is 66.1 Å². The fourth-order valence-electron chi connectivity index (χ4n) is 1.54. The normalized spacial score (nSPS) is 17.1. The Morgan fingerprint density at radius 1 is 1.29 bits per heavy atom. The third kappa shape index (κ3) is 1.66.